The third-order valence-electron chi connectivity index (χ3n) is 3.45. The minimum atomic E-state index is -4.21. The molecular formula is C15H16F3NO3. The molecule has 0 heterocycles. The summed E-state index contributed by atoms with van der Waals surface area (Å²) >= 11 is 0. The van der Waals surface area contributed by atoms with Gasteiger partial charge in [-0.05, 0) is 37.0 Å². The van der Waals surface area contributed by atoms with E-state index in [1.165, 1.54) is 29.2 Å². The molecule has 0 aliphatic heterocycles. The van der Waals surface area contributed by atoms with Crippen molar-refractivity contribution in [2.45, 2.75) is 37.9 Å². The van der Waals surface area contributed by atoms with Crippen molar-refractivity contribution in [3.05, 3.63) is 35.4 Å². The summed E-state index contributed by atoms with van der Waals surface area (Å²) in [6, 6.07) is 5.81. The van der Waals surface area contributed by atoms with E-state index in [4.69, 9.17) is 5.11 Å². The molecule has 1 saturated carbocycles. The van der Waals surface area contributed by atoms with Crippen molar-refractivity contribution in [3.8, 4) is 0 Å². The topological polar surface area (TPSA) is 57.6 Å². The number of alkyl halides is 3. The molecule has 7 heteroatoms. The predicted octanol–water partition coefficient (Wildman–Crippen LogP) is 2.87. The van der Waals surface area contributed by atoms with Gasteiger partial charge in [-0.25, -0.2) is 0 Å². The Labute approximate surface area is 125 Å². The normalized spacial score (nSPS) is 14.7. The maximum Gasteiger partial charge on any atom is 0.389 e. The van der Waals surface area contributed by atoms with Gasteiger partial charge in [0.05, 0.1) is 0 Å². The molecule has 0 spiro atoms. The highest BCUT2D eigenvalue weighted by atomic mass is 19.4. The molecule has 120 valence electrons. The van der Waals surface area contributed by atoms with Gasteiger partial charge in [-0.3, -0.25) is 9.59 Å². The summed E-state index contributed by atoms with van der Waals surface area (Å²) in [6.07, 6.45) is -3.70. The number of carbonyl (C=O) groups is 2. The van der Waals surface area contributed by atoms with Crippen LogP contribution in [0.1, 0.15) is 35.2 Å². The van der Waals surface area contributed by atoms with E-state index in [9.17, 15) is 22.8 Å². The minimum Gasteiger partial charge on any atom is -0.480 e. The lowest BCUT2D eigenvalue weighted by Gasteiger charge is -2.20. The number of nitrogens with zero attached hydrogens (tertiary/aromatic N) is 1. The van der Waals surface area contributed by atoms with Gasteiger partial charge in [-0.2, -0.15) is 13.2 Å². The molecule has 4 nitrogen and oxygen atoms in total. The predicted molar refractivity (Wildman–Crippen MR) is 72.5 cm³/mol. The third kappa shape index (κ3) is 4.75. The summed E-state index contributed by atoms with van der Waals surface area (Å²) < 4.78 is 36.5. The third-order valence-corrected chi connectivity index (χ3v) is 3.45. The van der Waals surface area contributed by atoms with Gasteiger partial charge in [0.15, 0.2) is 0 Å². The maximum absolute atomic E-state index is 12.3. The Balaban J connectivity index is 2.02. The second-order valence-electron chi connectivity index (χ2n) is 5.37. The molecule has 1 N–H and O–H groups in total. The summed E-state index contributed by atoms with van der Waals surface area (Å²) in [5.41, 5.74) is 0.786. The van der Waals surface area contributed by atoms with Crippen molar-refractivity contribution < 1.29 is 27.9 Å². The molecule has 0 aromatic heterocycles. The van der Waals surface area contributed by atoms with Gasteiger partial charge in [0.1, 0.15) is 6.54 Å². The molecule has 1 aromatic carbocycles. The van der Waals surface area contributed by atoms with Crippen LogP contribution in [0, 0.1) is 0 Å². The lowest BCUT2D eigenvalue weighted by atomic mass is 10.1. The van der Waals surface area contributed by atoms with E-state index in [2.05, 4.69) is 0 Å². The number of benzene rings is 1. The lowest BCUT2D eigenvalue weighted by molar-refractivity contribution is -0.138. The highest BCUT2D eigenvalue weighted by molar-refractivity contribution is 5.96. The van der Waals surface area contributed by atoms with Crippen molar-refractivity contribution in [1.29, 1.82) is 0 Å². The van der Waals surface area contributed by atoms with E-state index in [0.29, 0.717) is 11.1 Å². The van der Waals surface area contributed by atoms with Crippen molar-refractivity contribution in [2.75, 3.05) is 6.54 Å². The summed E-state index contributed by atoms with van der Waals surface area (Å²) in [4.78, 5) is 24.4. The number of carboxylic acids is 1. The van der Waals surface area contributed by atoms with Gasteiger partial charge in [0, 0.05) is 18.0 Å². The zero-order chi connectivity index (χ0) is 16.3. The number of amides is 1. The van der Waals surface area contributed by atoms with Gasteiger partial charge >= 0.3 is 12.1 Å². The van der Waals surface area contributed by atoms with Crippen molar-refractivity contribution in [1.82, 2.24) is 4.90 Å². The number of aliphatic carboxylic acids is 1. The number of aryl methyl sites for hydroxylation is 1. The molecule has 0 saturated heterocycles. The standard InChI is InChI=1S/C15H16F3NO3/c16-15(17,18)8-7-10-1-3-11(4-2-10)14(22)19(9-13(20)21)12-5-6-12/h1-4,12H,5-9H2,(H,20,21). The van der Waals surface area contributed by atoms with Crippen LogP contribution in [0.3, 0.4) is 0 Å². The Morgan fingerprint density at radius 2 is 1.77 bits per heavy atom. The number of carboxylic acid groups (broad SMARTS) is 1. The Kier molecular flexibility index (Phi) is 4.73. The molecule has 0 radical (unpaired) electrons. The van der Waals surface area contributed by atoms with Gasteiger partial charge in [-0.1, -0.05) is 12.1 Å². The highest BCUT2D eigenvalue weighted by Gasteiger charge is 2.34. The zero-order valence-corrected chi connectivity index (χ0v) is 11.8. The van der Waals surface area contributed by atoms with Gasteiger partial charge in [-0.15, -0.1) is 0 Å². The van der Waals surface area contributed by atoms with Crippen LogP contribution < -0.4 is 0 Å². The minimum absolute atomic E-state index is 0.0477. The molecule has 1 aliphatic rings. The lowest BCUT2D eigenvalue weighted by Crippen LogP contribution is -2.37. The molecule has 0 unspecified atom stereocenters. The first-order chi connectivity index (χ1) is 10.3. The number of hydrogen-bond acceptors (Lipinski definition) is 2. The fourth-order valence-corrected chi connectivity index (χ4v) is 2.16. The van der Waals surface area contributed by atoms with Gasteiger partial charge < -0.3 is 10.0 Å². The quantitative estimate of drug-likeness (QED) is 0.878. The van der Waals surface area contributed by atoms with Crippen LogP contribution in [-0.4, -0.2) is 40.6 Å². The van der Waals surface area contributed by atoms with E-state index in [-0.39, 0.29) is 19.0 Å². The molecular weight excluding hydrogens is 299 g/mol. The Morgan fingerprint density at radius 3 is 2.23 bits per heavy atom. The summed E-state index contributed by atoms with van der Waals surface area (Å²) in [7, 11) is 0. The summed E-state index contributed by atoms with van der Waals surface area (Å²) in [5.74, 6) is -1.48. The molecule has 1 amide bonds. The van der Waals surface area contributed by atoms with E-state index in [1.807, 2.05) is 0 Å². The first-order valence-electron chi connectivity index (χ1n) is 6.95. The largest absolute Gasteiger partial charge is 0.480 e. The average Bonchev–Trinajstić information content (AvgIpc) is 3.26. The number of rotatable bonds is 6. The Morgan fingerprint density at radius 1 is 1.18 bits per heavy atom. The first kappa shape index (κ1) is 16.3. The summed E-state index contributed by atoms with van der Waals surface area (Å²) in [6.45, 7) is -0.362. The monoisotopic (exact) mass is 315 g/mol. The number of hydrogen-bond donors (Lipinski definition) is 1. The van der Waals surface area contributed by atoms with Crippen LogP contribution in [0.2, 0.25) is 0 Å². The Hall–Kier alpha value is -2.05. The van der Waals surface area contributed by atoms with Crippen LogP contribution in [0.4, 0.5) is 13.2 Å². The Bertz CT molecular complexity index is 550. The fourth-order valence-electron chi connectivity index (χ4n) is 2.16. The molecule has 1 fully saturated rings. The van der Waals surface area contributed by atoms with E-state index in [1.54, 1.807) is 0 Å². The summed E-state index contributed by atoms with van der Waals surface area (Å²) in [5, 5.41) is 8.85. The van der Waals surface area contributed by atoms with Gasteiger partial charge in [0.2, 0.25) is 0 Å². The smallest absolute Gasteiger partial charge is 0.389 e. The van der Waals surface area contributed by atoms with Crippen molar-refractivity contribution >= 4 is 11.9 Å². The second-order valence-corrected chi connectivity index (χ2v) is 5.37. The van der Waals surface area contributed by atoms with Crippen molar-refractivity contribution in [2.24, 2.45) is 0 Å². The number of carbonyl (C=O) groups excluding carboxylic acids is 1. The number of halogens is 3. The second kappa shape index (κ2) is 6.37. The van der Waals surface area contributed by atoms with Crippen LogP contribution in [-0.2, 0) is 11.2 Å². The van der Waals surface area contributed by atoms with Crippen LogP contribution in [0.15, 0.2) is 24.3 Å². The van der Waals surface area contributed by atoms with Crippen LogP contribution in [0.25, 0.3) is 0 Å². The van der Waals surface area contributed by atoms with E-state index >= 15 is 0 Å². The molecule has 22 heavy (non-hydrogen) atoms. The van der Waals surface area contributed by atoms with Crippen molar-refractivity contribution in [3.63, 3.8) is 0 Å². The molecule has 1 aliphatic carbocycles. The molecule has 1 aromatic rings. The van der Waals surface area contributed by atoms with E-state index < -0.39 is 24.5 Å². The fraction of sp³-hybridized carbons (Fsp3) is 0.467. The molecule has 0 bridgehead atoms. The van der Waals surface area contributed by atoms with E-state index in [0.717, 1.165) is 12.8 Å². The van der Waals surface area contributed by atoms with Crippen LogP contribution >= 0.6 is 0 Å². The molecule has 2 rings (SSSR count). The zero-order valence-electron chi connectivity index (χ0n) is 11.8. The average molecular weight is 315 g/mol. The van der Waals surface area contributed by atoms with Crippen LogP contribution in [0.5, 0.6) is 0 Å². The first-order valence-corrected chi connectivity index (χ1v) is 6.95. The molecule has 0 atom stereocenters. The maximum atomic E-state index is 12.3. The highest BCUT2D eigenvalue weighted by Crippen LogP contribution is 2.28. The van der Waals surface area contributed by atoms with Gasteiger partial charge in [0.25, 0.3) is 5.91 Å². The SMILES string of the molecule is O=C(O)CN(C(=O)c1ccc(CCC(F)(F)F)cc1)C1CC1.